The molecule has 0 N–H and O–H groups in total. The van der Waals surface area contributed by atoms with Gasteiger partial charge in [0.1, 0.15) is 13.2 Å². The third-order valence-corrected chi connectivity index (χ3v) is 5.15. The van der Waals surface area contributed by atoms with Crippen molar-refractivity contribution in [2.75, 3.05) is 13.7 Å². The second-order valence-corrected chi connectivity index (χ2v) is 6.84. The molecule has 1 aromatic heterocycles. The third-order valence-electron chi connectivity index (χ3n) is 4.09. The molecule has 0 radical (unpaired) electrons. The van der Waals surface area contributed by atoms with Crippen LogP contribution in [0.15, 0.2) is 53.5 Å². The summed E-state index contributed by atoms with van der Waals surface area (Å²) in [6, 6.07) is 14.7. The van der Waals surface area contributed by atoms with E-state index in [1.54, 1.807) is 16.7 Å². The molecular formula is C19H16N2O5S. The fraction of sp³-hybridized carbons (Fsp3) is 0.211. The van der Waals surface area contributed by atoms with E-state index in [0.717, 1.165) is 10.2 Å². The molecule has 0 saturated carbocycles. The minimum Gasteiger partial charge on any atom is -0.485 e. The van der Waals surface area contributed by atoms with Crippen LogP contribution in [0.1, 0.15) is 0 Å². The number of ether oxygens (including phenoxy) is 3. The number of benzene rings is 2. The number of hydrogen-bond acceptors (Lipinski definition) is 6. The number of hydrogen-bond donors (Lipinski definition) is 0. The van der Waals surface area contributed by atoms with Gasteiger partial charge in [0.05, 0.1) is 17.3 Å². The minimum atomic E-state index is -0.836. The van der Waals surface area contributed by atoms with Crippen LogP contribution in [0.25, 0.3) is 10.2 Å². The van der Waals surface area contributed by atoms with E-state index >= 15 is 0 Å². The van der Waals surface area contributed by atoms with Gasteiger partial charge in [-0.15, -0.1) is 0 Å². The number of fused-ring (bicyclic) bond motifs is 2. The van der Waals surface area contributed by atoms with Gasteiger partial charge in [0.2, 0.25) is 6.10 Å². The van der Waals surface area contributed by atoms with Gasteiger partial charge >= 0.3 is 5.97 Å². The van der Waals surface area contributed by atoms with Crippen LogP contribution in [-0.4, -0.2) is 36.3 Å². The van der Waals surface area contributed by atoms with Crippen molar-refractivity contribution in [3.63, 3.8) is 0 Å². The molecule has 7 nitrogen and oxygen atoms in total. The van der Waals surface area contributed by atoms with E-state index in [4.69, 9.17) is 14.2 Å². The van der Waals surface area contributed by atoms with Crippen LogP contribution in [0, 0.1) is 0 Å². The molecule has 3 aromatic rings. The lowest BCUT2D eigenvalue weighted by atomic mass is 10.2. The van der Waals surface area contributed by atoms with Crippen LogP contribution >= 0.6 is 11.3 Å². The van der Waals surface area contributed by atoms with Crippen LogP contribution in [0.3, 0.4) is 0 Å². The lowest BCUT2D eigenvalue weighted by Crippen LogP contribution is -2.37. The maximum Gasteiger partial charge on any atom is 0.325 e. The van der Waals surface area contributed by atoms with E-state index in [-0.39, 0.29) is 13.2 Å². The molecule has 4 rings (SSSR count). The normalized spacial score (nSPS) is 16.3. The van der Waals surface area contributed by atoms with E-state index in [1.165, 1.54) is 18.4 Å². The van der Waals surface area contributed by atoms with Gasteiger partial charge in [-0.2, -0.15) is 4.99 Å². The number of para-hydroxylation sites is 3. The molecule has 0 bridgehead atoms. The summed E-state index contributed by atoms with van der Waals surface area (Å²) >= 11 is 1.33. The van der Waals surface area contributed by atoms with Gasteiger partial charge in [0.25, 0.3) is 5.91 Å². The van der Waals surface area contributed by atoms with E-state index in [0.29, 0.717) is 16.3 Å². The molecule has 2 heterocycles. The molecule has 0 unspecified atom stereocenters. The Morgan fingerprint density at radius 1 is 1.19 bits per heavy atom. The van der Waals surface area contributed by atoms with E-state index < -0.39 is 18.0 Å². The Morgan fingerprint density at radius 2 is 1.93 bits per heavy atom. The van der Waals surface area contributed by atoms with Crippen molar-refractivity contribution in [2.45, 2.75) is 12.6 Å². The summed E-state index contributed by atoms with van der Waals surface area (Å²) in [4.78, 5) is 29.1. The molecule has 1 amide bonds. The molecule has 0 saturated heterocycles. The molecule has 138 valence electrons. The van der Waals surface area contributed by atoms with Crippen LogP contribution < -0.4 is 14.3 Å². The van der Waals surface area contributed by atoms with Gasteiger partial charge in [-0.3, -0.25) is 9.59 Å². The summed E-state index contributed by atoms with van der Waals surface area (Å²) in [7, 11) is 1.32. The Labute approximate surface area is 158 Å². The molecule has 8 heteroatoms. The van der Waals surface area contributed by atoms with E-state index in [1.807, 2.05) is 36.4 Å². The zero-order chi connectivity index (χ0) is 18.8. The Hall–Kier alpha value is -3.13. The zero-order valence-corrected chi connectivity index (χ0v) is 15.3. The van der Waals surface area contributed by atoms with Gasteiger partial charge in [-0.25, -0.2) is 0 Å². The maximum absolute atomic E-state index is 12.7. The first-order chi connectivity index (χ1) is 13.2. The van der Waals surface area contributed by atoms with Crippen LogP contribution in [0.2, 0.25) is 0 Å². The minimum absolute atomic E-state index is 0.0303. The summed E-state index contributed by atoms with van der Waals surface area (Å²) in [5.41, 5.74) is 0.811. The second kappa shape index (κ2) is 7.24. The van der Waals surface area contributed by atoms with Gasteiger partial charge in [0.15, 0.2) is 16.3 Å². The van der Waals surface area contributed by atoms with Crippen LogP contribution in [-0.2, 0) is 20.9 Å². The van der Waals surface area contributed by atoms with Crippen molar-refractivity contribution in [1.29, 1.82) is 0 Å². The van der Waals surface area contributed by atoms with Crippen molar-refractivity contribution < 1.29 is 23.8 Å². The number of aromatic nitrogens is 1. The number of carbonyl (C=O) groups excluding carboxylic acids is 2. The fourth-order valence-electron chi connectivity index (χ4n) is 2.76. The number of esters is 1. The maximum atomic E-state index is 12.7. The number of thiazole rings is 1. The zero-order valence-electron chi connectivity index (χ0n) is 14.5. The number of rotatable bonds is 3. The summed E-state index contributed by atoms with van der Waals surface area (Å²) < 4.78 is 18.6. The van der Waals surface area contributed by atoms with Crippen molar-refractivity contribution >= 4 is 33.4 Å². The van der Waals surface area contributed by atoms with E-state index in [2.05, 4.69) is 4.99 Å². The van der Waals surface area contributed by atoms with Crippen molar-refractivity contribution in [2.24, 2.45) is 4.99 Å². The van der Waals surface area contributed by atoms with E-state index in [9.17, 15) is 9.59 Å². The standard InChI is InChI=1S/C19H16N2O5S/c1-24-17(22)10-21-12-6-2-5-9-16(12)27-19(21)20-18(23)15-11-25-13-7-3-4-8-14(13)26-15/h2-9,15H,10-11H2,1H3/t15-/m1/s1. The van der Waals surface area contributed by atoms with Gasteiger partial charge in [0, 0.05) is 0 Å². The molecule has 1 aliphatic rings. The average Bonchev–Trinajstić information content (AvgIpc) is 3.04. The highest BCUT2D eigenvalue weighted by molar-refractivity contribution is 7.16. The van der Waals surface area contributed by atoms with Gasteiger partial charge < -0.3 is 18.8 Å². The first kappa shape index (κ1) is 17.3. The lowest BCUT2D eigenvalue weighted by molar-refractivity contribution is -0.141. The fourth-order valence-corrected chi connectivity index (χ4v) is 3.79. The Balaban J connectivity index is 1.69. The summed E-state index contributed by atoms with van der Waals surface area (Å²) in [5, 5.41) is 0. The topological polar surface area (TPSA) is 79.1 Å². The van der Waals surface area contributed by atoms with Gasteiger partial charge in [-0.1, -0.05) is 35.6 Å². The number of carbonyl (C=O) groups is 2. The highest BCUT2D eigenvalue weighted by atomic mass is 32.1. The SMILES string of the molecule is COC(=O)Cn1c(=NC(=O)[C@H]2COc3ccccc3O2)sc2ccccc21. The number of methoxy groups -OCH3 is 1. The quantitative estimate of drug-likeness (QED) is 0.647. The smallest absolute Gasteiger partial charge is 0.325 e. The Kier molecular flexibility index (Phi) is 4.64. The molecule has 2 aromatic carbocycles. The second-order valence-electron chi connectivity index (χ2n) is 5.83. The molecular weight excluding hydrogens is 368 g/mol. The molecule has 0 aliphatic carbocycles. The molecule has 0 spiro atoms. The molecule has 0 fully saturated rings. The highest BCUT2D eigenvalue weighted by Crippen LogP contribution is 2.31. The molecule has 1 aliphatic heterocycles. The first-order valence-electron chi connectivity index (χ1n) is 8.28. The number of nitrogens with zero attached hydrogens (tertiary/aromatic N) is 2. The van der Waals surface area contributed by atoms with Crippen molar-refractivity contribution in [3.05, 3.63) is 53.3 Å². The van der Waals surface area contributed by atoms with Crippen LogP contribution in [0.5, 0.6) is 11.5 Å². The Morgan fingerprint density at radius 3 is 2.74 bits per heavy atom. The summed E-state index contributed by atoms with van der Waals surface area (Å²) in [6.45, 7) is 0.0543. The third kappa shape index (κ3) is 3.43. The van der Waals surface area contributed by atoms with Gasteiger partial charge in [-0.05, 0) is 24.3 Å². The predicted molar refractivity (Wildman–Crippen MR) is 98.8 cm³/mol. The number of amides is 1. The molecule has 1 atom stereocenters. The van der Waals surface area contributed by atoms with Crippen molar-refractivity contribution in [3.8, 4) is 11.5 Å². The highest BCUT2D eigenvalue weighted by Gasteiger charge is 2.27. The largest absolute Gasteiger partial charge is 0.485 e. The van der Waals surface area contributed by atoms with Crippen LogP contribution in [0.4, 0.5) is 0 Å². The van der Waals surface area contributed by atoms with Crippen molar-refractivity contribution in [1.82, 2.24) is 4.57 Å². The molecule has 27 heavy (non-hydrogen) atoms. The first-order valence-corrected chi connectivity index (χ1v) is 9.09. The monoisotopic (exact) mass is 384 g/mol. The average molecular weight is 384 g/mol. The predicted octanol–water partition coefficient (Wildman–Crippen LogP) is 2.14. The Bertz CT molecular complexity index is 1080. The summed E-state index contributed by atoms with van der Waals surface area (Å²) in [6.07, 6.45) is -0.836. The summed E-state index contributed by atoms with van der Waals surface area (Å²) in [5.74, 6) is 0.230. The lowest BCUT2D eigenvalue weighted by Gasteiger charge is -2.23.